The largest absolute Gasteiger partial charge is 0.493 e. The van der Waals surface area contributed by atoms with Crippen molar-refractivity contribution >= 4 is 6.08 Å². The molecule has 0 radical (unpaired) electrons. The second kappa shape index (κ2) is 9.43. The van der Waals surface area contributed by atoms with E-state index in [2.05, 4.69) is 19.2 Å². The first kappa shape index (κ1) is 16.6. The number of hydrogen-bond donors (Lipinski definition) is 1. The molecule has 3 nitrogen and oxygen atoms in total. The van der Waals surface area contributed by atoms with Crippen LogP contribution >= 0.6 is 0 Å². The standard InChI is InChI=1S/C17H27NO2/c1-5-8-15-9-10-16(17(13-15)19-4)20-12-7-11-18-14(3)6-2/h5,8-10,13-14,18H,6-7,11-12H2,1-4H3. The Balaban J connectivity index is 2.43. The molecule has 20 heavy (non-hydrogen) atoms. The van der Waals surface area contributed by atoms with Crippen molar-refractivity contribution in [1.82, 2.24) is 5.32 Å². The molecule has 0 aromatic heterocycles. The fourth-order valence-electron chi connectivity index (χ4n) is 1.85. The highest BCUT2D eigenvalue weighted by Gasteiger charge is 2.04. The second-order valence-corrected chi connectivity index (χ2v) is 4.88. The number of benzene rings is 1. The third-order valence-electron chi connectivity index (χ3n) is 3.23. The minimum atomic E-state index is 0.574. The van der Waals surface area contributed by atoms with Gasteiger partial charge in [-0.2, -0.15) is 0 Å². The summed E-state index contributed by atoms with van der Waals surface area (Å²) in [6.45, 7) is 8.06. The van der Waals surface area contributed by atoms with Gasteiger partial charge in [0, 0.05) is 6.04 Å². The SMILES string of the molecule is CC=Cc1ccc(OCCCNC(C)CC)c(OC)c1. The van der Waals surface area contributed by atoms with Crippen LogP contribution in [0.25, 0.3) is 6.08 Å². The fourth-order valence-corrected chi connectivity index (χ4v) is 1.85. The Bertz CT molecular complexity index is 415. The van der Waals surface area contributed by atoms with Crippen LogP contribution in [0, 0.1) is 0 Å². The van der Waals surface area contributed by atoms with Crippen LogP contribution in [0.1, 0.15) is 39.2 Å². The Morgan fingerprint density at radius 3 is 2.75 bits per heavy atom. The summed E-state index contributed by atoms with van der Waals surface area (Å²) in [6, 6.07) is 6.57. The van der Waals surface area contributed by atoms with E-state index in [1.807, 2.05) is 37.3 Å². The molecule has 1 aromatic carbocycles. The van der Waals surface area contributed by atoms with Gasteiger partial charge in [0.1, 0.15) is 0 Å². The number of ether oxygens (including phenoxy) is 2. The normalized spacial score (nSPS) is 12.6. The van der Waals surface area contributed by atoms with Crippen molar-refractivity contribution < 1.29 is 9.47 Å². The van der Waals surface area contributed by atoms with Crippen LogP contribution in [0.3, 0.4) is 0 Å². The van der Waals surface area contributed by atoms with Crippen LogP contribution in [0.2, 0.25) is 0 Å². The van der Waals surface area contributed by atoms with Crippen LogP contribution in [-0.4, -0.2) is 26.3 Å². The van der Waals surface area contributed by atoms with E-state index in [1.165, 1.54) is 0 Å². The van der Waals surface area contributed by atoms with Crippen molar-refractivity contribution in [2.45, 2.75) is 39.7 Å². The molecule has 0 amide bonds. The van der Waals surface area contributed by atoms with Crippen molar-refractivity contribution in [3.05, 3.63) is 29.8 Å². The molecule has 112 valence electrons. The highest BCUT2D eigenvalue weighted by atomic mass is 16.5. The summed E-state index contributed by atoms with van der Waals surface area (Å²) in [5.41, 5.74) is 1.12. The summed E-state index contributed by atoms with van der Waals surface area (Å²) in [6.07, 6.45) is 6.20. The van der Waals surface area contributed by atoms with Gasteiger partial charge < -0.3 is 14.8 Å². The maximum absolute atomic E-state index is 5.79. The highest BCUT2D eigenvalue weighted by molar-refractivity contribution is 5.55. The first-order valence-electron chi connectivity index (χ1n) is 7.38. The number of allylic oxidation sites excluding steroid dienone is 1. The van der Waals surface area contributed by atoms with E-state index in [0.717, 1.165) is 36.4 Å². The van der Waals surface area contributed by atoms with E-state index in [-0.39, 0.29) is 0 Å². The predicted octanol–water partition coefficient (Wildman–Crippen LogP) is 3.89. The van der Waals surface area contributed by atoms with Gasteiger partial charge in [-0.3, -0.25) is 0 Å². The van der Waals surface area contributed by atoms with E-state index in [0.29, 0.717) is 12.6 Å². The maximum Gasteiger partial charge on any atom is 0.161 e. The summed E-state index contributed by atoms with van der Waals surface area (Å²) in [4.78, 5) is 0. The van der Waals surface area contributed by atoms with Crippen molar-refractivity contribution in [1.29, 1.82) is 0 Å². The molecule has 0 fully saturated rings. The van der Waals surface area contributed by atoms with Crippen LogP contribution in [0.4, 0.5) is 0 Å². The van der Waals surface area contributed by atoms with Gasteiger partial charge in [0.2, 0.25) is 0 Å². The molecule has 0 bridgehead atoms. The first-order chi connectivity index (χ1) is 9.71. The number of hydrogen-bond acceptors (Lipinski definition) is 3. The summed E-state index contributed by atoms with van der Waals surface area (Å²) in [7, 11) is 1.67. The van der Waals surface area contributed by atoms with E-state index in [9.17, 15) is 0 Å². The van der Waals surface area contributed by atoms with Crippen LogP contribution < -0.4 is 14.8 Å². The van der Waals surface area contributed by atoms with E-state index in [4.69, 9.17) is 9.47 Å². The van der Waals surface area contributed by atoms with Crippen molar-refractivity contribution in [2.75, 3.05) is 20.3 Å². The van der Waals surface area contributed by atoms with E-state index >= 15 is 0 Å². The Hall–Kier alpha value is -1.48. The molecule has 0 saturated carbocycles. The third-order valence-corrected chi connectivity index (χ3v) is 3.23. The third kappa shape index (κ3) is 5.66. The minimum absolute atomic E-state index is 0.574. The zero-order chi connectivity index (χ0) is 14.8. The zero-order valence-electron chi connectivity index (χ0n) is 13.1. The summed E-state index contributed by atoms with van der Waals surface area (Å²) >= 11 is 0. The first-order valence-corrected chi connectivity index (χ1v) is 7.38. The van der Waals surface area contributed by atoms with Gasteiger partial charge in [-0.05, 0) is 50.9 Å². The molecule has 1 aromatic rings. The van der Waals surface area contributed by atoms with Crippen LogP contribution in [0.5, 0.6) is 11.5 Å². The lowest BCUT2D eigenvalue weighted by molar-refractivity contribution is 0.285. The van der Waals surface area contributed by atoms with Gasteiger partial charge >= 0.3 is 0 Å². The maximum atomic E-state index is 5.79. The lowest BCUT2D eigenvalue weighted by Gasteiger charge is -2.13. The molecule has 1 unspecified atom stereocenters. The summed E-state index contributed by atoms with van der Waals surface area (Å²) < 4.78 is 11.2. The average Bonchev–Trinajstić information content (AvgIpc) is 2.47. The Morgan fingerprint density at radius 1 is 1.30 bits per heavy atom. The summed E-state index contributed by atoms with van der Waals surface area (Å²) in [5, 5.41) is 3.45. The number of nitrogens with one attached hydrogen (secondary N) is 1. The number of methoxy groups -OCH3 is 1. The molecule has 3 heteroatoms. The Labute approximate surface area is 123 Å². The predicted molar refractivity (Wildman–Crippen MR) is 85.6 cm³/mol. The lowest BCUT2D eigenvalue weighted by atomic mass is 10.2. The Morgan fingerprint density at radius 2 is 2.10 bits per heavy atom. The molecular formula is C17H27NO2. The average molecular weight is 277 g/mol. The van der Waals surface area contributed by atoms with Crippen molar-refractivity contribution in [2.24, 2.45) is 0 Å². The van der Waals surface area contributed by atoms with Crippen molar-refractivity contribution in [3.63, 3.8) is 0 Å². The molecule has 0 aliphatic heterocycles. The van der Waals surface area contributed by atoms with Gasteiger partial charge in [-0.15, -0.1) is 0 Å². The van der Waals surface area contributed by atoms with Gasteiger partial charge in [-0.1, -0.05) is 25.1 Å². The quantitative estimate of drug-likeness (QED) is 0.695. The second-order valence-electron chi connectivity index (χ2n) is 4.88. The zero-order valence-corrected chi connectivity index (χ0v) is 13.1. The molecule has 1 N–H and O–H groups in total. The minimum Gasteiger partial charge on any atom is -0.493 e. The fraction of sp³-hybridized carbons (Fsp3) is 0.529. The van der Waals surface area contributed by atoms with Crippen LogP contribution in [0.15, 0.2) is 24.3 Å². The van der Waals surface area contributed by atoms with Crippen LogP contribution in [-0.2, 0) is 0 Å². The Kier molecular flexibility index (Phi) is 7.81. The molecule has 0 heterocycles. The molecule has 0 aliphatic carbocycles. The van der Waals surface area contributed by atoms with E-state index < -0.39 is 0 Å². The monoisotopic (exact) mass is 277 g/mol. The molecule has 0 spiro atoms. The topological polar surface area (TPSA) is 30.5 Å². The lowest BCUT2D eigenvalue weighted by Crippen LogP contribution is -2.27. The van der Waals surface area contributed by atoms with Crippen molar-refractivity contribution in [3.8, 4) is 11.5 Å². The molecule has 1 rings (SSSR count). The van der Waals surface area contributed by atoms with Gasteiger partial charge in [0.25, 0.3) is 0 Å². The molecular weight excluding hydrogens is 250 g/mol. The molecule has 0 saturated heterocycles. The smallest absolute Gasteiger partial charge is 0.161 e. The number of rotatable bonds is 9. The highest BCUT2D eigenvalue weighted by Crippen LogP contribution is 2.28. The van der Waals surface area contributed by atoms with Gasteiger partial charge in [-0.25, -0.2) is 0 Å². The summed E-state index contributed by atoms with van der Waals surface area (Å²) in [5.74, 6) is 1.60. The molecule has 1 atom stereocenters. The van der Waals surface area contributed by atoms with Gasteiger partial charge in [0.15, 0.2) is 11.5 Å². The molecule has 0 aliphatic rings. The van der Waals surface area contributed by atoms with E-state index in [1.54, 1.807) is 7.11 Å². The van der Waals surface area contributed by atoms with Gasteiger partial charge in [0.05, 0.1) is 13.7 Å².